The Morgan fingerprint density at radius 1 is 1.17 bits per heavy atom. The zero-order valence-electron chi connectivity index (χ0n) is 12.7. The lowest BCUT2D eigenvalue weighted by molar-refractivity contribution is -0.0499. The highest BCUT2D eigenvalue weighted by Gasteiger charge is 2.52. The molecule has 0 aliphatic carbocycles. The molecule has 23 heavy (non-hydrogen) atoms. The van der Waals surface area contributed by atoms with Crippen LogP contribution >= 0.6 is 0 Å². The minimum Gasteiger partial charge on any atom is -0.362 e. The van der Waals surface area contributed by atoms with Gasteiger partial charge in [0, 0.05) is 19.4 Å². The van der Waals surface area contributed by atoms with Crippen LogP contribution < -0.4 is 0 Å². The minimum absolute atomic E-state index is 0.0399. The molecule has 0 bridgehead atoms. The molecule has 1 heterocycles. The summed E-state index contributed by atoms with van der Waals surface area (Å²) in [5.41, 5.74) is -5.80. The summed E-state index contributed by atoms with van der Waals surface area (Å²) in [7, 11) is -9.60. The van der Waals surface area contributed by atoms with Crippen LogP contribution in [0.3, 0.4) is 0 Å². The van der Waals surface area contributed by atoms with Crippen molar-refractivity contribution in [2.45, 2.75) is 43.5 Å². The highest BCUT2D eigenvalue weighted by atomic mass is 32.3. The van der Waals surface area contributed by atoms with Gasteiger partial charge in [-0.1, -0.05) is 26.2 Å². The maximum Gasteiger partial charge on any atom is 0.524 e. The third kappa shape index (κ3) is 5.24. The van der Waals surface area contributed by atoms with Crippen LogP contribution in [0, 0.1) is 0 Å². The summed E-state index contributed by atoms with van der Waals surface area (Å²) >= 11 is 0. The van der Waals surface area contributed by atoms with Gasteiger partial charge in [-0.15, -0.1) is 3.63 Å². The van der Waals surface area contributed by atoms with Crippen molar-refractivity contribution in [3.63, 3.8) is 0 Å². The molecule has 0 spiro atoms. The van der Waals surface area contributed by atoms with E-state index in [1.165, 1.54) is 17.3 Å². The Morgan fingerprint density at radius 2 is 1.78 bits per heavy atom. The van der Waals surface area contributed by atoms with Crippen LogP contribution in [0.25, 0.3) is 0 Å². The van der Waals surface area contributed by atoms with Gasteiger partial charge >= 0.3 is 25.7 Å². The van der Waals surface area contributed by atoms with Crippen LogP contribution in [0.4, 0.5) is 13.2 Å². The Morgan fingerprint density at radius 3 is 2.22 bits per heavy atom. The van der Waals surface area contributed by atoms with Gasteiger partial charge in [0.1, 0.15) is 0 Å². The largest absolute Gasteiger partial charge is 0.524 e. The molecule has 0 saturated heterocycles. The Kier molecular flexibility index (Phi) is 6.32. The summed E-state index contributed by atoms with van der Waals surface area (Å²) in [5, 5.41) is -1.51. The van der Waals surface area contributed by atoms with Crippen LogP contribution in [0.2, 0.25) is 0 Å². The van der Waals surface area contributed by atoms with Crippen LogP contribution in [0.1, 0.15) is 32.6 Å². The second-order valence-electron chi connectivity index (χ2n) is 5.12. The number of nitrogens with zero attached hydrogens (tertiary/aromatic N) is 2. The molecule has 0 N–H and O–H groups in total. The maximum absolute atomic E-state index is 12.4. The summed E-state index contributed by atoms with van der Waals surface area (Å²) < 4.78 is 86.8. The Balaban J connectivity index is 3.02. The van der Waals surface area contributed by atoms with Crippen molar-refractivity contribution in [2.75, 3.05) is 13.7 Å². The standard InChI is InChI=1S/C11H19F3N2O5S2/c1-3-4-5-6-10(16-8-7-15(2)9-16)22(17,18)21-23(19,20)11(12,13)14/h7-8,10H,3-6,9H2,1-2H3. The van der Waals surface area contributed by atoms with Gasteiger partial charge in [0.05, 0.1) is 6.67 Å². The van der Waals surface area contributed by atoms with E-state index in [9.17, 15) is 30.0 Å². The number of halogens is 3. The number of rotatable bonds is 8. The molecule has 1 aliphatic rings. The molecule has 1 aliphatic heterocycles. The van der Waals surface area contributed by atoms with Crippen LogP contribution in [-0.2, 0) is 23.9 Å². The summed E-state index contributed by atoms with van der Waals surface area (Å²) in [6.45, 7) is 1.98. The van der Waals surface area contributed by atoms with Gasteiger partial charge in [-0.2, -0.15) is 30.0 Å². The van der Waals surface area contributed by atoms with Crippen molar-refractivity contribution in [1.82, 2.24) is 9.80 Å². The molecule has 136 valence electrons. The SMILES string of the molecule is CCCCCC(N1C=CN(C)C1)S(=O)(=O)OS(=O)(=O)C(F)(F)F. The van der Waals surface area contributed by atoms with Gasteiger partial charge in [0.25, 0.3) is 0 Å². The smallest absolute Gasteiger partial charge is 0.362 e. The Labute approximate surface area is 133 Å². The fourth-order valence-corrected chi connectivity index (χ4v) is 4.59. The lowest BCUT2D eigenvalue weighted by Gasteiger charge is -2.27. The predicted octanol–water partition coefficient (Wildman–Crippen LogP) is 1.76. The fourth-order valence-electron chi connectivity index (χ4n) is 1.99. The summed E-state index contributed by atoms with van der Waals surface area (Å²) in [6.07, 6.45) is 4.69. The van der Waals surface area contributed by atoms with E-state index < -0.39 is 31.1 Å². The van der Waals surface area contributed by atoms with E-state index in [2.05, 4.69) is 3.63 Å². The molecule has 12 heteroatoms. The van der Waals surface area contributed by atoms with Crippen molar-refractivity contribution in [3.8, 4) is 0 Å². The molecular formula is C11H19F3N2O5S2. The number of hydrogen-bond acceptors (Lipinski definition) is 7. The van der Waals surface area contributed by atoms with Gasteiger partial charge in [0.15, 0.2) is 5.37 Å². The molecule has 0 fully saturated rings. The van der Waals surface area contributed by atoms with Crippen LogP contribution in [0.5, 0.6) is 0 Å². The van der Waals surface area contributed by atoms with E-state index in [4.69, 9.17) is 0 Å². The minimum atomic E-state index is -6.23. The third-order valence-corrected chi connectivity index (χ3v) is 6.34. The van der Waals surface area contributed by atoms with Crippen molar-refractivity contribution in [1.29, 1.82) is 0 Å². The monoisotopic (exact) mass is 380 g/mol. The molecule has 1 atom stereocenters. The summed E-state index contributed by atoms with van der Waals surface area (Å²) in [5.74, 6) is 0. The van der Waals surface area contributed by atoms with Gasteiger partial charge in [-0.05, 0) is 6.42 Å². The van der Waals surface area contributed by atoms with Crippen LogP contribution in [-0.4, -0.2) is 51.2 Å². The van der Waals surface area contributed by atoms with Gasteiger partial charge in [0.2, 0.25) is 0 Å². The topological polar surface area (TPSA) is 84.0 Å². The molecular weight excluding hydrogens is 361 g/mol. The zero-order valence-corrected chi connectivity index (χ0v) is 14.3. The fraction of sp³-hybridized carbons (Fsp3) is 0.818. The van der Waals surface area contributed by atoms with E-state index in [1.807, 2.05) is 6.92 Å². The van der Waals surface area contributed by atoms with Crippen molar-refractivity contribution >= 4 is 20.2 Å². The molecule has 1 rings (SSSR count). The Bertz CT molecular complexity index is 631. The molecule has 0 amide bonds. The first kappa shape index (κ1) is 20.0. The van der Waals surface area contributed by atoms with E-state index in [1.54, 1.807) is 11.9 Å². The first-order valence-electron chi connectivity index (χ1n) is 6.81. The normalized spacial score (nSPS) is 17.8. The second kappa shape index (κ2) is 7.26. The third-order valence-electron chi connectivity index (χ3n) is 3.12. The van der Waals surface area contributed by atoms with E-state index in [-0.39, 0.29) is 13.1 Å². The summed E-state index contributed by atoms with van der Waals surface area (Å²) in [4.78, 5) is 2.83. The highest BCUT2D eigenvalue weighted by molar-refractivity contribution is 8.00. The molecule has 1 unspecified atom stereocenters. The number of alkyl halides is 3. The van der Waals surface area contributed by atoms with Gasteiger partial charge in [-0.25, -0.2) is 0 Å². The second-order valence-corrected chi connectivity index (χ2v) is 8.57. The van der Waals surface area contributed by atoms with E-state index >= 15 is 0 Å². The average molecular weight is 380 g/mol. The van der Waals surface area contributed by atoms with Gasteiger partial charge < -0.3 is 9.80 Å². The molecule has 7 nitrogen and oxygen atoms in total. The van der Waals surface area contributed by atoms with E-state index in [0.29, 0.717) is 12.8 Å². The van der Waals surface area contributed by atoms with Crippen LogP contribution in [0.15, 0.2) is 12.4 Å². The highest BCUT2D eigenvalue weighted by Crippen LogP contribution is 2.29. The lowest BCUT2D eigenvalue weighted by Crippen LogP contribution is -2.42. The van der Waals surface area contributed by atoms with E-state index in [0.717, 1.165) is 6.42 Å². The van der Waals surface area contributed by atoms with Crippen molar-refractivity contribution < 1.29 is 33.6 Å². The first-order chi connectivity index (χ1) is 10.4. The summed E-state index contributed by atoms with van der Waals surface area (Å²) in [6, 6.07) is 0. The number of hydrogen-bond donors (Lipinski definition) is 0. The molecule has 0 aromatic rings. The zero-order chi connectivity index (χ0) is 17.9. The maximum atomic E-state index is 12.4. The molecule has 0 radical (unpaired) electrons. The molecule has 0 aromatic heterocycles. The quantitative estimate of drug-likeness (QED) is 0.469. The number of unbranched alkanes of at least 4 members (excludes halogenated alkanes) is 2. The van der Waals surface area contributed by atoms with Crippen molar-refractivity contribution in [2.24, 2.45) is 0 Å². The first-order valence-corrected chi connectivity index (χ1v) is 9.69. The molecule has 0 aromatic carbocycles. The van der Waals surface area contributed by atoms with Crippen molar-refractivity contribution in [3.05, 3.63) is 12.4 Å². The van der Waals surface area contributed by atoms with Gasteiger partial charge in [-0.3, -0.25) is 0 Å². The Hall–Kier alpha value is -1.01. The lowest BCUT2D eigenvalue weighted by atomic mass is 10.2. The predicted molar refractivity (Wildman–Crippen MR) is 76.5 cm³/mol. The average Bonchev–Trinajstić information content (AvgIpc) is 2.78. The molecule has 0 saturated carbocycles.